The highest BCUT2D eigenvalue weighted by Gasteiger charge is 2.38. The smallest absolute Gasteiger partial charge is 0.325 e. The Kier molecular flexibility index (Phi) is 42.8. The van der Waals surface area contributed by atoms with Crippen molar-refractivity contribution in [1.82, 2.24) is 59.3 Å². The first-order valence-corrected chi connectivity index (χ1v) is 51.3. The molecule has 145 heavy (non-hydrogen) atoms. The molecule has 8 rings (SSSR count). The molecule has 0 saturated heterocycles. The molecule has 0 saturated carbocycles. The number of sulfonamides is 1. The Hall–Kier alpha value is -14.6. The van der Waals surface area contributed by atoms with Crippen LogP contribution in [0.3, 0.4) is 0 Å². The maximum atomic E-state index is 16.0. The summed E-state index contributed by atoms with van der Waals surface area (Å²) in [4.78, 5) is 276. The van der Waals surface area contributed by atoms with E-state index < -0.39 is 279 Å². The molecule has 780 valence electrons. The van der Waals surface area contributed by atoms with Gasteiger partial charge in [0.05, 0.1) is 113 Å². The van der Waals surface area contributed by atoms with E-state index >= 15 is 38.4 Å². The van der Waals surface area contributed by atoms with Crippen molar-refractivity contribution in [3.8, 4) is 0 Å². The topological polar surface area (TPSA) is 665 Å². The molecule has 1 heterocycles. The first-order valence-electron chi connectivity index (χ1n) is 46.0. The molecule has 0 unspecified atom stereocenters. The van der Waals surface area contributed by atoms with Gasteiger partial charge in [-0.15, -0.1) is 0 Å². The minimum atomic E-state index is -4.96. The van der Waals surface area contributed by atoms with Gasteiger partial charge in [0, 0.05) is 129 Å². The van der Waals surface area contributed by atoms with E-state index in [1.165, 1.54) is 105 Å². The van der Waals surface area contributed by atoms with Gasteiger partial charge in [0.25, 0.3) is 28.4 Å². The predicted octanol–water partition coefficient (Wildman–Crippen LogP) is 7.52. The van der Waals surface area contributed by atoms with Crippen molar-refractivity contribution in [3.05, 3.63) is 272 Å². The molecule has 11 amide bonds. The summed E-state index contributed by atoms with van der Waals surface area (Å²) >= 11 is 0. The van der Waals surface area contributed by atoms with Crippen molar-refractivity contribution < 1.29 is 114 Å². The quantitative estimate of drug-likeness (QED) is 0.00790. The van der Waals surface area contributed by atoms with Crippen LogP contribution in [0.25, 0.3) is 10.9 Å². The number of H-pyrrole nitrogens is 1. The Morgan fingerprint density at radius 3 is 1.06 bits per heavy atom. The fraction of sp³-hybridized carbons (Fsp3) is 0.415. The van der Waals surface area contributed by atoms with Gasteiger partial charge in [-0.2, -0.15) is 0 Å². The molecule has 51 heteroatoms. The summed E-state index contributed by atoms with van der Waals surface area (Å²) < 4.78 is 50.8. The summed E-state index contributed by atoms with van der Waals surface area (Å²) in [7, 11) is -14.3. The zero-order valence-electron chi connectivity index (χ0n) is 80.8. The molecule has 0 aliphatic carbocycles. The molecule has 8 aromatic rings. The lowest BCUT2D eigenvalue weighted by Crippen LogP contribution is -2.54. The monoisotopic (exact) mass is 2070 g/mol. The van der Waals surface area contributed by atoms with Crippen LogP contribution in [-0.4, -0.2) is 301 Å². The summed E-state index contributed by atoms with van der Waals surface area (Å²) in [6.07, 6.45) is -0.869. The number of nitrogens with zero attached hydrogens (tertiary/aromatic N) is 15. The Morgan fingerprint density at radius 1 is 0.372 bits per heavy atom. The summed E-state index contributed by atoms with van der Waals surface area (Å²) in [5.41, 5.74) is 7.21. The van der Waals surface area contributed by atoms with Crippen LogP contribution in [0, 0.1) is 56.5 Å². The number of para-hydroxylation sites is 1. The van der Waals surface area contributed by atoms with Crippen molar-refractivity contribution in [2.24, 2.45) is 16.8 Å². The number of benzene rings is 7. The van der Waals surface area contributed by atoms with Crippen LogP contribution in [0.2, 0.25) is 0 Å². The van der Waals surface area contributed by atoms with Crippen LogP contribution in [0.4, 0.5) is 28.4 Å². The van der Waals surface area contributed by atoms with Gasteiger partial charge < -0.3 is 84.6 Å². The number of amides is 11. The van der Waals surface area contributed by atoms with Crippen LogP contribution in [0.15, 0.2) is 182 Å². The van der Waals surface area contributed by atoms with E-state index in [4.69, 9.17) is 10.9 Å². The molecule has 48 nitrogen and oxygen atoms in total. The number of nitrogens with one attached hydrogen (secondary N) is 2. The number of hydrogen-bond acceptors (Lipinski definition) is 26. The Morgan fingerprint density at radius 2 is 0.683 bits per heavy atom. The van der Waals surface area contributed by atoms with Crippen molar-refractivity contribution in [2.45, 2.75) is 117 Å². The molecule has 1 aromatic heterocycles. The van der Waals surface area contributed by atoms with E-state index in [0.29, 0.717) is 26.9 Å². The highest BCUT2D eigenvalue weighted by molar-refractivity contribution is 7.89. The lowest BCUT2D eigenvalue weighted by Gasteiger charge is -2.36. The standard InChI is InChI=1S/C94H119N19O29P2S/c1-64(2)40-45-102(57-88(118)104(48-51-145(96,141)142)60-93(123)108(69(7)75-28-38-81(39-29-75)113(133)134)63-94(124)105(54-84(95)114)66(4)72-22-32-78(33-23-72)110(127)128)86(116)56-100(44-15-50-144(138,139)140)90(120)62-107(68(6)74-26-36-80(37-27-74)112(131)132)92(122)59-103(47-42-76-52-98-83-19-12-11-18-82(76)83)87(117)55-99(43-13-14-49-143(135,136)137)89(119)61-106(67(5)73-24-34-79(35-25-73)111(129)130)91(121)58-101(46-41-70-16-9-8-10-17-70)85(115)53-97-65(3)71-20-30-77(31-21-71)109(125)126/h8-12,16-39,52,64-69,97-98H,13-15,40-51,53-63H2,1-7H3,(H2,95,114)(H2,96,141,142)(H2,135,136,137)(H2,138,139,140)/t65-,66-,67-,68-,69-/m0/s1. The Balaban J connectivity index is 1.17. The number of aromatic nitrogens is 1. The normalized spacial score (nSPS) is 12.6. The van der Waals surface area contributed by atoms with Crippen molar-refractivity contribution in [2.75, 3.05) is 129 Å². The largest absolute Gasteiger partial charge is 0.368 e. The van der Waals surface area contributed by atoms with Crippen LogP contribution >= 0.6 is 15.2 Å². The van der Waals surface area contributed by atoms with Crippen molar-refractivity contribution in [1.29, 1.82) is 0 Å². The number of primary amides is 1. The van der Waals surface area contributed by atoms with Gasteiger partial charge in [-0.25, -0.2) is 13.6 Å². The molecule has 0 aliphatic rings. The van der Waals surface area contributed by atoms with E-state index in [0.717, 1.165) is 93.3 Å². The summed E-state index contributed by atoms with van der Waals surface area (Å²) in [5.74, 6) is -12.6. The van der Waals surface area contributed by atoms with Gasteiger partial charge in [-0.05, 0) is 124 Å². The molecule has 0 spiro atoms. The fourth-order valence-corrected chi connectivity index (χ4v) is 17.4. The molecule has 0 fully saturated rings. The average Bonchev–Trinajstić information content (AvgIpc) is 1.44. The summed E-state index contributed by atoms with van der Waals surface area (Å²) in [5, 5.41) is 68.3. The molecule has 7 aromatic carbocycles. The maximum absolute atomic E-state index is 16.0. The lowest BCUT2D eigenvalue weighted by atomic mass is 10.0. The zero-order valence-corrected chi connectivity index (χ0v) is 83.4. The molecular formula is C94H119N19O29P2S. The third-order valence-corrected chi connectivity index (χ3v) is 27.0. The molecule has 0 radical (unpaired) electrons. The van der Waals surface area contributed by atoms with Crippen LogP contribution < -0.4 is 16.2 Å². The van der Waals surface area contributed by atoms with Crippen molar-refractivity contribution >= 4 is 130 Å². The minimum Gasteiger partial charge on any atom is -0.368 e. The Bertz CT molecular complexity index is 6160. The highest BCUT2D eigenvalue weighted by Crippen LogP contribution is 2.37. The number of rotatable bonds is 58. The van der Waals surface area contributed by atoms with E-state index in [-0.39, 0.29) is 90.4 Å². The minimum absolute atomic E-state index is 0.0718. The Labute approximate surface area is 834 Å². The van der Waals surface area contributed by atoms with Gasteiger partial charge in [0.1, 0.15) is 19.6 Å². The third kappa shape index (κ3) is 36.4. The molecule has 0 bridgehead atoms. The van der Waals surface area contributed by atoms with Crippen LogP contribution in [0.1, 0.15) is 143 Å². The van der Waals surface area contributed by atoms with E-state index in [2.05, 4.69) is 10.3 Å². The first-order chi connectivity index (χ1) is 68.2. The number of carbonyl (C=O) groups is 11. The highest BCUT2D eigenvalue weighted by atomic mass is 32.2. The number of nitrogens with two attached hydrogens (primary N) is 2. The molecular weight excluding hydrogens is 1950 g/mol. The second-order valence-corrected chi connectivity index (χ2v) is 40.5. The van der Waals surface area contributed by atoms with Gasteiger partial charge in [-0.1, -0.05) is 123 Å². The summed E-state index contributed by atoms with van der Waals surface area (Å²) in [6, 6.07) is 35.1. The number of non-ortho nitro benzene ring substituents is 5. The maximum Gasteiger partial charge on any atom is 0.325 e. The van der Waals surface area contributed by atoms with Gasteiger partial charge in [-0.3, -0.25) is 112 Å². The van der Waals surface area contributed by atoms with Crippen LogP contribution in [-0.2, 0) is 84.7 Å². The van der Waals surface area contributed by atoms with Gasteiger partial charge >= 0.3 is 15.2 Å². The number of aromatic amines is 1. The second kappa shape index (κ2) is 53.7. The van der Waals surface area contributed by atoms with Gasteiger partial charge in [0.2, 0.25) is 75.0 Å². The number of hydrogen-bond donors (Lipinski definition) is 8. The number of unbranched alkanes of at least 4 members (excludes halogenated alkanes) is 1. The first kappa shape index (κ1) is 116. The number of nitro groups is 5. The van der Waals surface area contributed by atoms with Crippen molar-refractivity contribution in [3.63, 3.8) is 0 Å². The third-order valence-electron chi connectivity index (χ3n) is 24.4. The number of carbonyl (C=O) groups excluding carboxylic acids is 11. The van der Waals surface area contributed by atoms with E-state index in [9.17, 15) is 102 Å². The zero-order chi connectivity index (χ0) is 107. The molecule has 0 aliphatic heterocycles. The average molecular weight is 2070 g/mol. The predicted molar refractivity (Wildman–Crippen MR) is 528 cm³/mol. The SMILES string of the molecule is CC(C)CCN(CC(=O)N(CCS(N)(=O)=O)CC(=O)N(CC(=O)N(CC(N)=O)[C@@H](C)c1ccc([N+](=O)[O-])cc1)[C@@H](C)c1ccc([N+](=O)[O-])cc1)C(=O)CN(CCCP(=O)(O)O)C(=O)CN(C(=O)CN(CCc1c[nH]c2ccccc12)C(=O)CN(CCCCP(=O)(O)O)C(=O)CN(C(=O)CN(CCc1ccccc1)C(=O)CN[C@@H](C)c1ccc([N+](=O)[O-])cc1)[C@@H](C)c1ccc([N+](=O)[O-])cc1)[C@@H](C)c1ccc([N+](=O)[O-])cc1. The number of nitro benzene ring substituents is 5. The summed E-state index contributed by atoms with van der Waals surface area (Å²) in [6.45, 7) is -2.29. The fourth-order valence-electron chi connectivity index (χ4n) is 15.8. The number of fused-ring (bicyclic) bond motifs is 1. The number of primary sulfonamides is 1. The van der Waals surface area contributed by atoms with Crippen LogP contribution in [0.5, 0.6) is 0 Å². The molecule has 10 N–H and O–H groups in total. The second-order valence-electron chi connectivity index (χ2n) is 35.2. The lowest BCUT2D eigenvalue weighted by molar-refractivity contribution is -0.385. The van der Waals surface area contributed by atoms with Gasteiger partial charge in [0.15, 0.2) is 0 Å². The van der Waals surface area contributed by atoms with E-state index in [1.54, 1.807) is 81.6 Å². The van der Waals surface area contributed by atoms with E-state index in [1.807, 2.05) is 0 Å². The molecule has 5 atom stereocenters.